The van der Waals surface area contributed by atoms with Gasteiger partial charge in [0.25, 0.3) is 0 Å². The molecule has 0 radical (unpaired) electrons. The number of benzene rings is 1. The van der Waals surface area contributed by atoms with Gasteiger partial charge in [0.15, 0.2) is 0 Å². The van der Waals surface area contributed by atoms with Crippen LogP contribution in [-0.2, 0) is 11.3 Å². The van der Waals surface area contributed by atoms with Crippen LogP contribution in [0.2, 0.25) is 0 Å². The van der Waals surface area contributed by atoms with Crippen molar-refractivity contribution in [3.05, 3.63) is 29.8 Å². The molecule has 0 heterocycles. The Balaban J connectivity index is 1.94. The molecule has 0 aliphatic heterocycles. The lowest BCUT2D eigenvalue weighted by atomic mass is 9.77. The van der Waals surface area contributed by atoms with Gasteiger partial charge in [-0.05, 0) is 37.7 Å². The molecule has 3 nitrogen and oxygen atoms in total. The zero-order valence-corrected chi connectivity index (χ0v) is 13.4. The fourth-order valence-electron chi connectivity index (χ4n) is 3.36. The summed E-state index contributed by atoms with van der Waals surface area (Å²) in [5, 5.41) is 0. The van der Waals surface area contributed by atoms with Gasteiger partial charge in [-0.3, -0.25) is 0 Å². The molecular weight excluding hydrogens is 262 g/mol. The number of methoxy groups -OCH3 is 1. The maximum atomic E-state index is 6.27. The van der Waals surface area contributed by atoms with Crippen LogP contribution < -0.4 is 10.5 Å². The van der Waals surface area contributed by atoms with Crippen molar-refractivity contribution in [1.29, 1.82) is 0 Å². The number of rotatable bonds is 7. The second kappa shape index (κ2) is 7.81. The first-order chi connectivity index (χ1) is 10.2. The molecule has 0 amide bonds. The summed E-state index contributed by atoms with van der Waals surface area (Å²) in [5.74, 6) is 1.76. The largest absolute Gasteiger partial charge is 0.496 e. The number of hydrogen-bond acceptors (Lipinski definition) is 3. The Bertz CT molecular complexity index is 425. The second-order valence-corrected chi connectivity index (χ2v) is 6.22. The summed E-state index contributed by atoms with van der Waals surface area (Å²) in [4.78, 5) is 0. The second-order valence-electron chi connectivity index (χ2n) is 6.22. The Labute approximate surface area is 128 Å². The van der Waals surface area contributed by atoms with Crippen molar-refractivity contribution in [3.63, 3.8) is 0 Å². The average Bonchev–Trinajstić information content (AvgIpc) is 2.55. The summed E-state index contributed by atoms with van der Waals surface area (Å²) in [6.45, 7) is 3.46. The van der Waals surface area contributed by atoms with Crippen molar-refractivity contribution in [2.24, 2.45) is 11.7 Å². The van der Waals surface area contributed by atoms with Gasteiger partial charge in [-0.15, -0.1) is 0 Å². The lowest BCUT2D eigenvalue weighted by molar-refractivity contribution is -0.0820. The highest BCUT2D eigenvalue weighted by Gasteiger charge is 2.34. The predicted octanol–water partition coefficient (Wildman–Crippen LogP) is 3.90. The van der Waals surface area contributed by atoms with E-state index in [4.69, 9.17) is 15.2 Å². The molecule has 1 aromatic carbocycles. The molecule has 2 N–H and O–H groups in total. The molecule has 0 saturated heterocycles. The van der Waals surface area contributed by atoms with E-state index in [2.05, 4.69) is 13.0 Å². The van der Waals surface area contributed by atoms with Gasteiger partial charge in [0.2, 0.25) is 0 Å². The van der Waals surface area contributed by atoms with E-state index in [-0.39, 0.29) is 5.60 Å². The van der Waals surface area contributed by atoms with E-state index in [1.165, 1.54) is 25.7 Å². The van der Waals surface area contributed by atoms with Crippen LogP contribution in [0.25, 0.3) is 0 Å². The summed E-state index contributed by atoms with van der Waals surface area (Å²) >= 11 is 0. The van der Waals surface area contributed by atoms with Crippen molar-refractivity contribution in [1.82, 2.24) is 0 Å². The van der Waals surface area contributed by atoms with Crippen LogP contribution in [0, 0.1) is 5.92 Å². The molecule has 21 heavy (non-hydrogen) atoms. The minimum absolute atomic E-state index is 0.134. The molecule has 1 aliphatic rings. The highest BCUT2D eigenvalue weighted by molar-refractivity contribution is 5.32. The number of para-hydroxylation sites is 1. The van der Waals surface area contributed by atoms with Gasteiger partial charge in [0, 0.05) is 12.1 Å². The Morgan fingerprint density at radius 2 is 1.95 bits per heavy atom. The normalized spacial score (nSPS) is 25.8. The molecule has 1 aromatic rings. The summed E-state index contributed by atoms with van der Waals surface area (Å²) in [5.41, 5.74) is 7.00. The molecule has 0 aromatic heterocycles. The standard InChI is InChI=1S/C18H29NO2/c1-3-6-15-9-11-18(14-19,12-10-15)21-13-16-7-4-5-8-17(16)20-2/h4-5,7-8,15H,3,6,9-14,19H2,1-2H3. The summed E-state index contributed by atoms with van der Waals surface area (Å²) < 4.78 is 11.7. The lowest BCUT2D eigenvalue weighted by Crippen LogP contribution is -2.43. The van der Waals surface area contributed by atoms with Crippen molar-refractivity contribution in [2.45, 2.75) is 57.7 Å². The Morgan fingerprint density at radius 3 is 2.57 bits per heavy atom. The molecule has 3 heteroatoms. The molecule has 118 valence electrons. The zero-order valence-electron chi connectivity index (χ0n) is 13.4. The predicted molar refractivity (Wildman–Crippen MR) is 86.4 cm³/mol. The Hall–Kier alpha value is -1.06. The van der Waals surface area contributed by atoms with E-state index in [1.54, 1.807) is 7.11 Å². The highest BCUT2D eigenvalue weighted by Crippen LogP contribution is 2.37. The van der Waals surface area contributed by atoms with E-state index in [9.17, 15) is 0 Å². The van der Waals surface area contributed by atoms with Gasteiger partial charge in [-0.1, -0.05) is 38.0 Å². The van der Waals surface area contributed by atoms with Crippen LogP contribution in [0.3, 0.4) is 0 Å². The highest BCUT2D eigenvalue weighted by atomic mass is 16.5. The molecule has 0 bridgehead atoms. The quantitative estimate of drug-likeness (QED) is 0.828. The maximum Gasteiger partial charge on any atom is 0.124 e. The molecule has 0 atom stereocenters. The summed E-state index contributed by atoms with van der Waals surface area (Å²) in [6, 6.07) is 8.04. The maximum absolute atomic E-state index is 6.27. The van der Waals surface area contributed by atoms with E-state index < -0.39 is 0 Å². The third-order valence-electron chi connectivity index (χ3n) is 4.81. The van der Waals surface area contributed by atoms with Gasteiger partial charge in [0.05, 0.1) is 19.3 Å². The first-order valence-electron chi connectivity index (χ1n) is 8.19. The lowest BCUT2D eigenvalue weighted by Gasteiger charge is -2.39. The van der Waals surface area contributed by atoms with Crippen LogP contribution in [0.5, 0.6) is 5.75 Å². The van der Waals surface area contributed by atoms with Crippen LogP contribution in [0.4, 0.5) is 0 Å². The molecule has 2 rings (SSSR count). The van der Waals surface area contributed by atoms with E-state index in [0.29, 0.717) is 13.2 Å². The fourth-order valence-corrected chi connectivity index (χ4v) is 3.36. The summed E-state index contributed by atoms with van der Waals surface area (Å²) in [6.07, 6.45) is 7.29. The van der Waals surface area contributed by atoms with Gasteiger partial charge in [-0.25, -0.2) is 0 Å². The zero-order chi connectivity index (χ0) is 15.1. The molecule has 1 saturated carbocycles. The van der Waals surface area contributed by atoms with Crippen molar-refractivity contribution < 1.29 is 9.47 Å². The molecule has 0 unspecified atom stereocenters. The van der Waals surface area contributed by atoms with Crippen molar-refractivity contribution in [3.8, 4) is 5.75 Å². The van der Waals surface area contributed by atoms with Gasteiger partial charge >= 0.3 is 0 Å². The van der Waals surface area contributed by atoms with Crippen LogP contribution >= 0.6 is 0 Å². The number of nitrogens with two attached hydrogens (primary N) is 1. The van der Waals surface area contributed by atoms with Crippen LogP contribution in [0.15, 0.2) is 24.3 Å². The topological polar surface area (TPSA) is 44.5 Å². The first kappa shape index (κ1) is 16.3. The third-order valence-corrected chi connectivity index (χ3v) is 4.81. The Kier molecular flexibility index (Phi) is 6.07. The SMILES string of the molecule is CCCC1CCC(CN)(OCc2ccccc2OC)CC1. The molecule has 1 fully saturated rings. The van der Waals surface area contributed by atoms with Gasteiger partial charge < -0.3 is 15.2 Å². The van der Waals surface area contributed by atoms with Gasteiger partial charge in [0.1, 0.15) is 5.75 Å². The van der Waals surface area contributed by atoms with Crippen molar-refractivity contribution >= 4 is 0 Å². The smallest absolute Gasteiger partial charge is 0.124 e. The monoisotopic (exact) mass is 291 g/mol. The third kappa shape index (κ3) is 4.21. The van der Waals surface area contributed by atoms with Crippen molar-refractivity contribution in [2.75, 3.05) is 13.7 Å². The first-order valence-corrected chi connectivity index (χ1v) is 8.19. The van der Waals surface area contributed by atoms with Crippen LogP contribution in [0.1, 0.15) is 51.0 Å². The molecule has 0 spiro atoms. The summed E-state index contributed by atoms with van der Waals surface area (Å²) in [7, 11) is 1.70. The van der Waals surface area contributed by atoms with Crippen LogP contribution in [-0.4, -0.2) is 19.3 Å². The minimum atomic E-state index is -0.134. The number of ether oxygens (including phenoxy) is 2. The van der Waals surface area contributed by atoms with E-state index in [1.807, 2.05) is 18.2 Å². The Morgan fingerprint density at radius 1 is 1.24 bits per heavy atom. The van der Waals surface area contributed by atoms with Gasteiger partial charge in [-0.2, -0.15) is 0 Å². The van der Waals surface area contributed by atoms with E-state index in [0.717, 1.165) is 30.1 Å². The molecule has 1 aliphatic carbocycles. The van der Waals surface area contributed by atoms with E-state index >= 15 is 0 Å². The fraction of sp³-hybridized carbons (Fsp3) is 0.667. The number of hydrogen-bond donors (Lipinski definition) is 1. The minimum Gasteiger partial charge on any atom is -0.496 e. The average molecular weight is 291 g/mol. The molecular formula is C18H29NO2.